The highest BCUT2D eigenvalue weighted by Gasteiger charge is 2.96. The lowest BCUT2D eigenvalue weighted by atomic mass is 9.72. The lowest BCUT2D eigenvalue weighted by molar-refractivity contribution is -0.138. The molecule has 0 aromatic heterocycles. The number of carbonyl (C=O) groups is 2. The topological polar surface area (TPSA) is 117 Å². The Labute approximate surface area is 187 Å². The minimum absolute atomic E-state index is 0.137. The van der Waals surface area contributed by atoms with Crippen LogP contribution in [0.1, 0.15) is 38.3 Å². The van der Waals surface area contributed by atoms with Crippen LogP contribution in [0.2, 0.25) is 0 Å². The van der Waals surface area contributed by atoms with E-state index in [1.165, 1.54) is 13.0 Å². The molecule has 0 radical (unpaired) electrons. The number of alkyl halides is 3. The van der Waals surface area contributed by atoms with Gasteiger partial charge in [-0.2, -0.15) is 18.4 Å². The van der Waals surface area contributed by atoms with Crippen molar-refractivity contribution < 1.29 is 35.9 Å². The maximum atomic E-state index is 13.6. The van der Waals surface area contributed by atoms with Crippen LogP contribution in [-0.2, 0) is 30.5 Å². The first-order chi connectivity index (χ1) is 15.2. The Bertz CT molecular complexity index is 1270. The predicted octanol–water partition coefficient (Wildman–Crippen LogP) is 1.94. The van der Waals surface area contributed by atoms with E-state index in [0.717, 1.165) is 17.0 Å². The summed E-state index contributed by atoms with van der Waals surface area (Å²) < 4.78 is 73.4. The van der Waals surface area contributed by atoms with E-state index in [4.69, 9.17) is 10.00 Å². The van der Waals surface area contributed by atoms with Gasteiger partial charge < -0.3 is 4.74 Å². The van der Waals surface area contributed by atoms with Gasteiger partial charge in [-0.3, -0.25) is 9.59 Å². The van der Waals surface area contributed by atoms with Crippen LogP contribution in [0.5, 0.6) is 0 Å². The molecule has 5 rings (SSSR count). The van der Waals surface area contributed by atoms with Crippen molar-refractivity contribution in [3.63, 3.8) is 0 Å². The lowest BCUT2D eigenvalue weighted by Crippen LogP contribution is -2.54. The molecule has 33 heavy (non-hydrogen) atoms. The molecular formula is C21H20F3N3O5S. The molecule has 2 amide bonds. The largest absolute Gasteiger partial charge is 0.417 e. The van der Waals surface area contributed by atoms with E-state index >= 15 is 0 Å². The van der Waals surface area contributed by atoms with Gasteiger partial charge in [0, 0.05) is 5.92 Å². The minimum atomic E-state index is -4.84. The predicted molar refractivity (Wildman–Crippen MR) is 107 cm³/mol. The van der Waals surface area contributed by atoms with E-state index in [2.05, 4.69) is 4.72 Å². The normalized spacial score (nSPS) is 38.9. The van der Waals surface area contributed by atoms with E-state index in [1.54, 1.807) is 13.8 Å². The van der Waals surface area contributed by atoms with Crippen LogP contribution in [-0.4, -0.2) is 43.2 Å². The number of nitrogens with zero attached hydrogens (tertiary/aromatic N) is 2. The zero-order valence-electron chi connectivity index (χ0n) is 17.9. The smallest absolute Gasteiger partial charge is 0.366 e. The first-order valence-electron chi connectivity index (χ1n) is 10.4. The fraction of sp³-hybridized carbons (Fsp3) is 0.571. The molecule has 6 unspecified atom stereocenters. The van der Waals surface area contributed by atoms with Crippen LogP contribution in [0.3, 0.4) is 0 Å². The molecule has 2 bridgehead atoms. The standard InChI is InChI=1S/C21H20F3N3O5S/c1-4-33(30,31)26-13-8-18(2)20-14(15(20)19(13,3)32-18)16(28)27(17(20)29)11-6-5-10(9-25)12(7-11)21(22,23)24/h5-7,13-15,26H,4,8H2,1-3H3. The number of carbonyl (C=O) groups excluding carboxylic acids is 2. The first-order valence-corrected chi connectivity index (χ1v) is 12.0. The van der Waals surface area contributed by atoms with Crippen molar-refractivity contribution in [1.82, 2.24) is 4.72 Å². The first kappa shape index (κ1) is 22.3. The second-order valence-electron chi connectivity index (χ2n) is 9.44. The number of anilines is 1. The molecule has 3 heterocycles. The second-order valence-corrected chi connectivity index (χ2v) is 11.5. The van der Waals surface area contributed by atoms with Gasteiger partial charge in [-0.25, -0.2) is 18.0 Å². The van der Waals surface area contributed by atoms with E-state index in [9.17, 15) is 31.2 Å². The van der Waals surface area contributed by atoms with Gasteiger partial charge in [-0.1, -0.05) is 0 Å². The van der Waals surface area contributed by atoms with Gasteiger partial charge in [-0.15, -0.1) is 0 Å². The van der Waals surface area contributed by atoms with Crippen LogP contribution in [0, 0.1) is 28.6 Å². The fourth-order valence-electron chi connectivity index (χ4n) is 6.51. The number of halogens is 3. The van der Waals surface area contributed by atoms with E-state index in [-0.39, 0.29) is 17.9 Å². The van der Waals surface area contributed by atoms with E-state index in [0.29, 0.717) is 6.07 Å². The molecule has 1 aromatic rings. The van der Waals surface area contributed by atoms with Gasteiger partial charge in [0.15, 0.2) is 0 Å². The van der Waals surface area contributed by atoms with Gasteiger partial charge in [0.05, 0.1) is 57.2 Å². The van der Waals surface area contributed by atoms with Crippen molar-refractivity contribution in [2.45, 2.75) is 50.6 Å². The number of imide groups is 1. The Morgan fingerprint density at radius 2 is 1.97 bits per heavy atom. The Hall–Kier alpha value is -2.49. The summed E-state index contributed by atoms with van der Waals surface area (Å²) in [4.78, 5) is 27.7. The van der Waals surface area contributed by atoms with Crippen molar-refractivity contribution in [1.29, 1.82) is 5.26 Å². The van der Waals surface area contributed by atoms with Crippen LogP contribution in [0.15, 0.2) is 18.2 Å². The Kier molecular flexibility index (Phi) is 4.15. The number of nitriles is 1. The van der Waals surface area contributed by atoms with E-state index < -0.39 is 73.6 Å². The molecular weight excluding hydrogens is 463 g/mol. The summed E-state index contributed by atoms with van der Waals surface area (Å²) in [5.74, 6) is -2.81. The zero-order chi connectivity index (χ0) is 24.4. The lowest BCUT2D eigenvalue weighted by Gasteiger charge is -2.34. The molecule has 1 saturated carbocycles. The monoisotopic (exact) mass is 483 g/mol. The maximum absolute atomic E-state index is 13.6. The SMILES string of the molecule is CCS(=O)(=O)NC1CC2(C)OC1(C)C1C3C(=O)N(c4ccc(C#N)c(C(F)(F)F)c4)C(=O)C312. The van der Waals surface area contributed by atoms with Gasteiger partial charge in [0.1, 0.15) is 0 Å². The third-order valence-corrected chi connectivity index (χ3v) is 9.26. The average Bonchev–Trinajstić information content (AvgIpc) is 3.25. The molecule has 8 nitrogen and oxygen atoms in total. The summed E-state index contributed by atoms with van der Waals surface area (Å²) in [5, 5.41) is 9.01. The molecule has 12 heteroatoms. The molecule has 1 N–H and O–H groups in total. The van der Waals surface area contributed by atoms with Crippen molar-refractivity contribution >= 4 is 27.5 Å². The number of piperidine rings is 1. The fourth-order valence-corrected chi connectivity index (χ4v) is 7.43. The average molecular weight is 483 g/mol. The number of rotatable bonds is 4. The van der Waals surface area contributed by atoms with Gasteiger partial charge >= 0.3 is 6.18 Å². The maximum Gasteiger partial charge on any atom is 0.417 e. The molecule has 1 spiro atoms. The van der Waals surface area contributed by atoms with Crippen LogP contribution >= 0.6 is 0 Å². The minimum Gasteiger partial charge on any atom is -0.366 e. The van der Waals surface area contributed by atoms with Gasteiger partial charge in [-0.05, 0) is 45.4 Å². The highest BCUT2D eigenvalue weighted by Crippen LogP contribution is 2.83. The molecule has 4 fully saturated rings. The van der Waals surface area contributed by atoms with Crippen LogP contribution in [0.25, 0.3) is 0 Å². The van der Waals surface area contributed by atoms with Crippen molar-refractivity contribution in [2.75, 3.05) is 10.7 Å². The number of ether oxygens (including phenoxy) is 1. The molecule has 176 valence electrons. The number of hydrogen-bond acceptors (Lipinski definition) is 6. The highest BCUT2D eigenvalue weighted by atomic mass is 32.2. The number of hydrogen-bond donors (Lipinski definition) is 1. The number of sulfonamides is 1. The number of amides is 2. The number of benzene rings is 1. The third-order valence-electron chi connectivity index (χ3n) is 7.86. The summed E-state index contributed by atoms with van der Waals surface area (Å²) in [6.07, 6.45) is -4.68. The van der Waals surface area contributed by atoms with Crippen LogP contribution < -0.4 is 9.62 Å². The highest BCUT2D eigenvalue weighted by molar-refractivity contribution is 7.89. The van der Waals surface area contributed by atoms with Crippen molar-refractivity contribution in [2.24, 2.45) is 17.3 Å². The Morgan fingerprint density at radius 1 is 1.30 bits per heavy atom. The Balaban J connectivity index is 1.53. The second kappa shape index (κ2) is 6.14. The molecule has 6 atom stereocenters. The summed E-state index contributed by atoms with van der Waals surface area (Å²) in [5.41, 5.74) is -5.59. The van der Waals surface area contributed by atoms with Gasteiger partial charge in [0.2, 0.25) is 21.8 Å². The molecule has 3 aliphatic heterocycles. The zero-order valence-corrected chi connectivity index (χ0v) is 18.7. The van der Waals surface area contributed by atoms with E-state index in [1.807, 2.05) is 0 Å². The molecule has 3 saturated heterocycles. The number of nitrogens with one attached hydrogen (secondary N) is 1. The number of fused-ring (bicyclic) bond motifs is 4. The van der Waals surface area contributed by atoms with Crippen molar-refractivity contribution in [3.05, 3.63) is 29.3 Å². The molecule has 1 aliphatic carbocycles. The summed E-state index contributed by atoms with van der Waals surface area (Å²) in [6, 6.07) is 3.57. The Morgan fingerprint density at radius 3 is 2.55 bits per heavy atom. The van der Waals surface area contributed by atoms with Crippen LogP contribution in [0.4, 0.5) is 18.9 Å². The molecule has 1 aromatic carbocycles. The molecule has 4 aliphatic rings. The van der Waals surface area contributed by atoms with Gasteiger partial charge in [0.25, 0.3) is 0 Å². The quantitative estimate of drug-likeness (QED) is 0.655. The summed E-state index contributed by atoms with van der Waals surface area (Å²) in [6.45, 7) is 4.82. The van der Waals surface area contributed by atoms with Crippen molar-refractivity contribution in [3.8, 4) is 6.07 Å². The summed E-state index contributed by atoms with van der Waals surface area (Å²) >= 11 is 0. The summed E-state index contributed by atoms with van der Waals surface area (Å²) in [7, 11) is -3.57. The third kappa shape index (κ3) is 2.50.